The number of amides is 1. The Balaban J connectivity index is 2.78. The summed E-state index contributed by atoms with van der Waals surface area (Å²) in [6.07, 6.45) is -0.608. The van der Waals surface area contributed by atoms with E-state index < -0.39 is 23.8 Å². The highest BCUT2D eigenvalue weighted by molar-refractivity contribution is 5.91. The van der Waals surface area contributed by atoms with E-state index in [2.05, 4.69) is 0 Å². The summed E-state index contributed by atoms with van der Waals surface area (Å²) in [6.45, 7) is 4.96. The number of hydrogen-bond acceptors (Lipinski definition) is 4. The van der Waals surface area contributed by atoms with Crippen molar-refractivity contribution in [1.29, 1.82) is 0 Å². The van der Waals surface area contributed by atoms with E-state index >= 15 is 0 Å². The average Bonchev–Trinajstić information content (AvgIpc) is 2.44. The fraction of sp³-hybridized carbons (Fsp3) is 0.600. The number of hydrogen-bond donors (Lipinski definition) is 2. The van der Waals surface area contributed by atoms with E-state index in [-0.39, 0.29) is 12.2 Å². The molecule has 6 nitrogen and oxygen atoms in total. The van der Waals surface area contributed by atoms with Gasteiger partial charge in [-0.2, -0.15) is 0 Å². The number of carboxylic acid groups (broad SMARTS) is 1. The Morgan fingerprint density at radius 2 is 2.06 bits per heavy atom. The van der Waals surface area contributed by atoms with Crippen molar-refractivity contribution in [2.24, 2.45) is 0 Å². The molecule has 1 amide bonds. The van der Waals surface area contributed by atoms with Gasteiger partial charge in [-0.3, -0.25) is 4.90 Å². The average molecular weight is 229 g/mol. The molecule has 0 saturated carbocycles. The van der Waals surface area contributed by atoms with Crippen LogP contribution < -0.4 is 0 Å². The van der Waals surface area contributed by atoms with Gasteiger partial charge in [-0.15, -0.1) is 0 Å². The molecule has 0 aliphatic carbocycles. The first-order valence-corrected chi connectivity index (χ1v) is 4.84. The van der Waals surface area contributed by atoms with Crippen LogP contribution in [0.1, 0.15) is 20.8 Å². The number of carbonyl (C=O) groups is 2. The van der Waals surface area contributed by atoms with Crippen LogP contribution in [0.4, 0.5) is 4.79 Å². The molecule has 0 aromatic rings. The Morgan fingerprint density at radius 3 is 2.50 bits per heavy atom. The van der Waals surface area contributed by atoms with Gasteiger partial charge in [-0.25, -0.2) is 9.59 Å². The number of aliphatic hydroxyl groups is 1. The van der Waals surface area contributed by atoms with Crippen molar-refractivity contribution in [3.8, 4) is 0 Å². The second-order valence-electron chi connectivity index (χ2n) is 4.52. The number of β-amino-alcohol motifs (C(OH)–C–C–N with tert-alkyl or cyclic N) is 1. The normalized spacial score (nSPS) is 20.6. The van der Waals surface area contributed by atoms with Crippen LogP contribution in [0.15, 0.2) is 11.8 Å². The summed E-state index contributed by atoms with van der Waals surface area (Å²) in [4.78, 5) is 23.3. The zero-order valence-electron chi connectivity index (χ0n) is 9.43. The summed E-state index contributed by atoms with van der Waals surface area (Å²) >= 11 is 0. The van der Waals surface area contributed by atoms with Crippen molar-refractivity contribution in [1.82, 2.24) is 4.90 Å². The number of nitrogens with zero attached hydrogens (tertiary/aromatic N) is 1. The minimum Gasteiger partial charge on any atom is -0.477 e. The third-order valence-electron chi connectivity index (χ3n) is 1.84. The van der Waals surface area contributed by atoms with Crippen LogP contribution >= 0.6 is 0 Å². The first-order valence-electron chi connectivity index (χ1n) is 4.84. The number of aliphatic hydroxyl groups excluding tert-OH is 1. The van der Waals surface area contributed by atoms with Gasteiger partial charge >= 0.3 is 12.1 Å². The molecule has 0 bridgehead atoms. The molecule has 0 spiro atoms. The van der Waals surface area contributed by atoms with Crippen molar-refractivity contribution in [2.75, 3.05) is 6.54 Å². The van der Waals surface area contributed by atoms with Crippen molar-refractivity contribution in [3.05, 3.63) is 11.8 Å². The van der Waals surface area contributed by atoms with Crippen LogP contribution in [0.25, 0.3) is 0 Å². The quantitative estimate of drug-likeness (QED) is 0.686. The number of ether oxygens (including phenoxy) is 1. The lowest BCUT2D eigenvalue weighted by Gasteiger charge is -2.25. The summed E-state index contributed by atoms with van der Waals surface area (Å²) < 4.78 is 5.02. The smallest absolute Gasteiger partial charge is 0.415 e. The molecule has 90 valence electrons. The van der Waals surface area contributed by atoms with E-state index in [1.165, 1.54) is 0 Å². The van der Waals surface area contributed by atoms with Gasteiger partial charge in [0.1, 0.15) is 11.3 Å². The van der Waals surface area contributed by atoms with Crippen LogP contribution in [0.5, 0.6) is 0 Å². The highest BCUT2D eigenvalue weighted by Gasteiger charge is 2.34. The fourth-order valence-corrected chi connectivity index (χ4v) is 1.29. The predicted molar refractivity (Wildman–Crippen MR) is 54.7 cm³/mol. The molecule has 1 aliphatic heterocycles. The van der Waals surface area contributed by atoms with Crippen LogP contribution in [0, 0.1) is 0 Å². The van der Waals surface area contributed by atoms with Gasteiger partial charge in [0.2, 0.25) is 0 Å². The molecular formula is C10H15NO5. The zero-order chi connectivity index (χ0) is 12.5. The molecule has 1 atom stereocenters. The van der Waals surface area contributed by atoms with E-state index in [0.717, 1.165) is 11.0 Å². The van der Waals surface area contributed by atoms with E-state index in [4.69, 9.17) is 9.84 Å². The van der Waals surface area contributed by atoms with Gasteiger partial charge in [0, 0.05) is 0 Å². The molecule has 0 saturated heterocycles. The summed E-state index contributed by atoms with van der Waals surface area (Å²) in [6, 6.07) is 0. The van der Waals surface area contributed by atoms with Gasteiger partial charge in [0.15, 0.2) is 0 Å². The fourth-order valence-electron chi connectivity index (χ4n) is 1.29. The maximum Gasteiger partial charge on any atom is 0.415 e. The van der Waals surface area contributed by atoms with Gasteiger partial charge in [-0.1, -0.05) is 0 Å². The summed E-state index contributed by atoms with van der Waals surface area (Å²) in [5.41, 5.74) is -0.949. The summed E-state index contributed by atoms with van der Waals surface area (Å²) in [7, 11) is 0. The molecule has 0 radical (unpaired) electrons. The van der Waals surface area contributed by atoms with Crippen LogP contribution in [-0.2, 0) is 9.53 Å². The maximum absolute atomic E-state index is 11.6. The van der Waals surface area contributed by atoms with E-state index in [0.29, 0.717) is 0 Å². The van der Waals surface area contributed by atoms with E-state index in [9.17, 15) is 14.7 Å². The highest BCUT2D eigenvalue weighted by atomic mass is 16.6. The van der Waals surface area contributed by atoms with Crippen molar-refractivity contribution in [2.45, 2.75) is 32.5 Å². The molecule has 0 fully saturated rings. The number of aliphatic carboxylic acids is 1. The molecule has 1 heterocycles. The second kappa shape index (κ2) is 4.13. The number of carboxylic acids is 1. The predicted octanol–water partition coefficient (Wildman–Crippen LogP) is 0.567. The highest BCUT2D eigenvalue weighted by Crippen LogP contribution is 2.19. The SMILES string of the molecule is CC(C)(C)OC(=O)N1CC(O)C=C1C(=O)O. The lowest BCUT2D eigenvalue weighted by atomic mass is 10.2. The van der Waals surface area contributed by atoms with Crippen molar-refractivity contribution >= 4 is 12.1 Å². The number of carbonyl (C=O) groups excluding carboxylic acids is 1. The van der Waals surface area contributed by atoms with Gasteiger partial charge in [0.25, 0.3) is 0 Å². The Bertz CT molecular complexity index is 342. The first kappa shape index (κ1) is 12.5. The van der Waals surface area contributed by atoms with Crippen molar-refractivity contribution < 1.29 is 24.5 Å². The molecule has 0 aromatic heterocycles. The van der Waals surface area contributed by atoms with E-state index in [1.54, 1.807) is 20.8 Å². The molecule has 16 heavy (non-hydrogen) atoms. The summed E-state index contributed by atoms with van der Waals surface area (Å²) in [5.74, 6) is -1.26. The summed E-state index contributed by atoms with van der Waals surface area (Å²) in [5, 5.41) is 18.1. The standard InChI is InChI=1S/C10H15NO5/c1-10(2,3)16-9(15)11-5-6(12)4-7(11)8(13)14/h4,6,12H,5H2,1-3H3,(H,13,14). The maximum atomic E-state index is 11.6. The lowest BCUT2D eigenvalue weighted by Crippen LogP contribution is -2.37. The molecule has 1 rings (SSSR count). The Kier molecular flexibility index (Phi) is 3.23. The molecule has 0 aromatic carbocycles. The van der Waals surface area contributed by atoms with E-state index in [1.807, 2.05) is 0 Å². The monoisotopic (exact) mass is 229 g/mol. The van der Waals surface area contributed by atoms with Gasteiger partial charge in [0.05, 0.1) is 12.6 Å². The minimum atomic E-state index is -1.26. The largest absolute Gasteiger partial charge is 0.477 e. The Labute approximate surface area is 93.1 Å². The number of rotatable bonds is 1. The minimum absolute atomic E-state index is 0.0868. The van der Waals surface area contributed by atoms with Gasteiger partial charge in [-0.05, 0) is 26.8 Å². The topological polar surface area (TPSA) is 87.1 Å². The third kappa shape index (κ3) is 2.96. The third-order valence-corrected chi connectivity index (χ3v) is 1.84. The molecule has 6 heteroatoms. The zero-order valence-corrected chi connectivity index (χ0v) is 9.43. The molecule has 2 N–H and O–H groups in total. The Morgan fingerprint density at radius 1 is 1.50 bits per heavy atom. The van der Waals surface area contributed by atoms with Crippen LogP contribution in [-0.4, -0.2) is 45.4 Å². The van der Waals surface area contributed by atoms with Crippen molar-refractivity contribution in [3.63, 3.8) is 0 Å². The lowest BCUT2D eigenvalue weighted by molar-refractivity contribution is -0.134. The molecular weight excluding hydrogens is 214 g/mol. The second-order valence-corrected chi connectivity index (χ2v) is 4.52. The van der Waals surface area contributed by atoms with Crippen LogP contribution in [0.3, 0.4) is 0 Å². The first-order chi connectivity index (χ1) is 7.20. The molecule has 1 aliphatic rings. The van der Waals surface area contributed by atoms with Crippen LogP contribution in [0.2, 0.25) is 0 Å². The molecule has 1 unspecified atom stereocenters. The Hall–Kier alpha value is -1.56. The van der Waals surface area contributed by atoms with Gasteiger partial charge < -0.3 is 14.9 Å².